The van der Waals surface area contributed by atoms with Gasteiger partial charge in [-0.1, -0.05) is 6.07 Å². The number of ether oxygens (including phenoxy) is 5. The lowest BCUT2D eigenvalue weighted by Crippen LogP contribution is -2.16. The lowest BCUT2D eigenvalue weighted by atomic mass is 10.2. The fraction of sp³-hybridized carbons (Fsp3) is 0.235. The van der Waals surface area contributed by atoms with Crippen LogP contribution in [0.25, 0.3) is 0 Å². The summed E-state index contributed by atoms with van der Waals surface area (Å²) in [6.45, 7) is 1.36. The van der Waals surface area contributed by atoms with E-state index in [1.807, 2.05) is 6.07 Å². The highest BCUT2D eigenvalue weighted by atomic mass is 16.7. The standard InChI is InChI=1S/C17H14O6/c18-17(12-2-4-13-16(8-12)20-6-5-19-13)21-9-11-1-3-14-15(7-11)23-10-22-14/h1-4,7-8H,5-6,9-10H2. The van der Waals surface area contributed by atoms with Crippen LogP contribution in [0.5, 0.6) is 23.0 Å². The predicted octanol–water partition coefficient (Wildman–Crippen LogP) is 2.54. The zero-order chi connectivity index (χ0) is 15.6. The number of hydrogen-bond acceptors (Lipinski definition) is 6. The van der Waals surface area contributed by atoms with Crippen LogP contribution in [0.15, 0.2) is 36.4 Å². The van der Waals surface area contributed by atoms with Gasteiger partial charge in [0, 0.05) is 0 Å². The van der Waals surface area contributed by atoms with Crippen molar-refractivity contribution in [1.29, 1.82) is 0 Å². The van der Waals surface area contributed by atoms with Crippen molar-refractivity contribution in [2.45, 2.75) is 6.61 Å². The van der Waals surface area contributed by atoms with Gasteiger partial charge in [0.2, 0.25) is 6.79 Å². The molecule has 0 saturated carbocycles. The van der Waals surface area contributed by atoms with Crippen LogP contribution in [0.2, 0.25) is 0 Å². The van der Waals surface area contributed by atoms with Gasteiger partial charge in [-0.05, 0) is 35.9 Å². The quantitative estimate of drug-likeness (QED) is 0.811. The Labute approximate surface area is 132 Å². The molecule has 0 spiro atoms. The molecule has 2 aliphatic heterocycles. The van der Waals surface area contributed by atoms with Gasteiger partial charge >= 0.3 is 5.97 Å². The Morgan fingerprint density at radius 1 is 0.870 bits per heavy atom. The number of rotatable bonds is 3. The van der Waals surface area contributed by atoms with E-state index in [0.29, 0.717) is 41.8 Å². The summed E-state index contributed by atoms with van der Waals surface area (Å²) >= 11 is 0. The maximum absolute atomic E-state index is 12.2. The van der Waals surface area contributed by atoms with E-state index in [1.54, 1.807) is 30.3 Å². The molecular formula is C17H14O6. The first kappa shape index (κ1) is 13.8. The molecule has 0 aromatic heterocycles. The lowest BCUT2D eigenvalue weighted by molar-refractivity contribution is 0.0471. The van der Waals surface area contributed by atoms with E-state index in [1.165, 1.54) is 0 Å². The largest absolute Gasteiger partial charge is 0.486 e. The van der Waals surface area contributed by atoms with Crippen LogP contribution in [0.1, 0.15) is 15.9 Å². The fourth-order valence-electron chi connectivity index (χ4n) is 2.43. The SMILES string of the molecule is O=C(OCc1ccc2c(c1)OCO2)c1ccc2c(c1)OCCO2. The van der Waals surface area contributed by atoms with Crippen LogP contribution in [-0.2, 0) is 11.3 Å². The zero-order valence-electron chi connectivity index (χ0n) is 12.2. The summed E-state index contributed by atoms with van der Waals surface area (Å²) in [4.78, 5) is 12.2. The summed E-state index contributed by atoms with van der Waals surface area (Å²) < 4.78 is 26.8. The van der Waals surface area contributed by atoms with Crippen molar-refractivity contribution in [3.8, 4) is 23.0 Å². The summed E-state index contributed by atoms with van der Waals surface area (Å²) in [5, 5.41) is 0. The van der Waals surface area contributed by atoms with Gasteiger partial charge in [0.15, 0.2) is 23.0 Å². The molecule has 0 N–H and O–H groups in total. The van der Waals surface area contributed by atoms with E-state index in [0.717, 1.165) is 5.56 Å². The molecule has 0 fully saturated rings. The van der Waals surface area contributed by atoms with Crippen molar-refractivity contribution in [3.05, 3.63) is 47.5 Å². The van der Waals surface area contributed by atoms with Crippen molar-refractivity contribution in [2.75, 3.05) is 20.0 Å². The highest BCUT2D eigenvalue weighted by Gasteiger charge is 2.17. The van der Waals surface area contributed by atoms with Crippen molar-refractivity contribution in [3.63, 3.8) is 0 Å². The van der Waals surface area contributed by atoms with Crippen LogP contribution in [-0.4, -0.2) is 26.0 Å². The Kier molecular flexibility index (Phi) is 3.42. The lowest BCUT2D eigenvalue weighted by Gasteiger charge is -2.18. The third kappa shape index (κ3) is 2.75. The number of carbonyl (C=O) groups excluding carboxylic acids is 1. The smallest absolute Gasteiger partial charge is 0.338 e. The first-order valence-electron chi connectivity index (χ1n) is 7.25. The molecule has 4 rings (SSSR count). The van der Waals surface area contributed by atoms with Crippen molar-refractivity contribution in [2.24, 2.45) is 0 Å². The van der Waals surface area contributed by atoms with E-state index >= 15 is 0 Å². The minimum Gasteiger partial charge on any atom is -0.486 e. The van der Waals surface area contributed by atoms with Crippen molar-refractivity contribution in [1.82, 2.24) is 0 Å². The number of hydrogen-bond donors (Lipinski definition) is 0. The molecule has 2 aliphatic rings. The average Bonchev–Trinajstić information content (AvgIpc) is 3.07. The molecular weight excluding hydrogens is 300 g/mol. The number of carbonyl (C=O) groups is 1. The number of fused-ring (bicyclic) bond motifs is 2. The Hall–Kier alpha value is -2.89. The molecule has 0 atom stereocenters. The monoisotopic (exact) mass is 314 g/mol. The van der Waals surface area contributed by atoms with Gasteiger partial charge in [-0.2, -0.15) is 0 Å². The molecule has 0 radical (unpaired) electrons. The van der Waals surface area contributed by atoms with Crippen molar-refractivity contribution < 1.29 is 28.5 Å². The molecule has 0 saturated heterocycles. The summed E-state index contributed by atoms with van der Waals surface area (Å²) in [5.41, 5.74) is 1.26. The molecule has 0 aliphatic carbocycles. The van der Waals surface area contributed by atoms with Crippen LogP contribution < -0.4 is 18.9 Å². The Morgan fingerprint density at radius 2 is 1.57 bits per heavy atom. The minimum atomic E-state index is -0.417. The van der Waals surface area contributed by atoms with Gasteiger partial charge in [-0.15, -0.1) is 0 Å². The third-order valence-electron chi connectivity index (χ3n) is 3.58. The first-order chi connectivity index (χ1) is 11.3. The Balaban J connectivity index is 1.44. The van der Waals surface area contributed by atoms with E-state index in [-0.39, 0.29) is 13.4 Å². The summed E-state index contributed by atoms with van der Waals surface area (Å²) in [6, 6.07) is 10.5. The highest BCUT2D eigenvalue weighted by Crippen LogP contribution is 2.33. The molecule has 0 unspecified atom stereocenters. The second-order valence-corrected chi connectivity index (χ2v) is 5.12. The minimum absolute atomic E-state index is 0.157. The molecule has 0 amide bonds. The summed E-state index contributed by atoms with van der Waals surface area (Å²) in [6.07, 6.45) is 0. The molecule has 118 valence electrons. The zero-order valence-corrected chi connectivity index (χ0v) is 12.2. The third-order valence-corrected chi connectivity index (χ3v) is 3.58. The van der Waals surface area contributed by atoms with Crippen LogP contribution >= 0.6 is 0 Å². The molecule has 2 aromatic carbocycles. The molecule has 2 aromatic rings. The topological polar surface area (TPSA) is 63.2 Å². The normalized spacial score (nSPS) is 14.4. The van der Waals surface area contributed by atoms with E-state index in [9.17, 15) is 4.79 Å². The van der Waals surface area contributed by atoms with Crippen molar-refractivity contribution >= 4 is 5.97 Å². The maximum atomic E-state index is 12.2. The molecule has 0 bridgehead atoms. The van der Waals surface area contributed by atoms with Gasteiger partial charge in [0.25, 0.3) is 0 Å². The van der Waals surface area contributed by atoms with Crippen LogP contribution in [0, 0.1) is 0 Å². The van der Waals surface area contributed by atoms with Gasteiger partial charge in [0.1, 0.15) is 19.8 Å². The van der Waals surface area contributed by atoms with Gasteiger partial charge < -0.3 is 23.7 Å². The molecule has 2 heterocycles. The Bertz CT molecular complexity index is 755. The van der Waals surface area contributed by atoms with E-state index in [2.05, 4.69) is 0 Å². The van der Waals surface area contributed by atoms with Crippen LogP contribution in [0.4, 0.5) is 0 Å². The molecule has 6 nitrogen and oxygen atoms in total. The maximum Gasteiger partial charge on any atom is 0.338 e. The fourth-order valence-corrected chi connectivity index (χ4v) is 2.43. The second-order valence-electron chi connectivity index (χ2n) is 5.12. The van der Waals surface area contributed by atoms with Gasteiger partial charge in [-0.3, -0.25) is 0 Å². The highest BCUT2D eigenvalue weighted by molar-refractivity contribution is 5.90. The first-order valence-corrected chi connectivity index (χ1v) is 7.25. The molecule has 6 heteroatoms. The predicted molar refractivity (Wildman–Crippen MR) is 79.1 cm³/mol. The van der Waals surface area contributed by atoms with Gasteiger partial charge in [0.05, 0.1) is 5.56 Å². The second kappa shape index (κ2) is 5.72. The summed E-state index contributed by atoms with van der Waals surface area (Å²) in [5.74, 6) is 2.15. The summed E-state index contributed by atoms with van der Waals surface area (Å²) in [7, 11) is 0. The van der Waals surface area contributed by atoms with E-state index in [4.69, 9.17) is 23.7 Å². The van der Waals surface area contributed by atoms with Gasteiger partial charge in [-0.25, -0.2) is 4.79 Å². The molecule has 23 heavy (non-hydrogen) atoms. The van der Waals surface area contributed by atoms with E-state index < -0.39 is 5.97 Å². The number of esters is 1. The Morgan fingerprint density at radius 3 is 2.48 bits per heavy atom. The number of benzene rings is 2. The van der Waals surface area contributed by atoms with Crippen LogP contribution in [0.3, 0.4) is 0 Å². The average molecular weight is 314 g/mol.